The Hall–Kier alpha value is -2.34. The van der Waals surface area contributed by atoms with Gasteiger partial charge in [-0.25, -0.2) is 8.42 Å². The highest BCUT2D eigenvalue weighted by Crippen LogP contribution is 2.28. The molecule has 0 radical (unpaired) electrons. The monoisotopic (exact) mass is 358 g/mol. The standard InChI is InChI=1S/C19H22N2O3S/c1-3-21(18-8-5-4-7-15(18)2)25(23,24)17-12-10-16(11-13-17)20-14-6-9-19(20)22/h4-5,7-8,10-13H,3,6,9,14H2,1-2H3. The van der Waals surface area contributed by atoms with Crippen molar-refractivity contribution in [1.29, 1.82) is 0 Å². The van der Waals surface area contributed by atoms with Crippen molar-refractivity contribution < 1.29 is 13.2 Å². The lowest BCUT2D eigenvalue weighted by Gasteiger charge is -2.25. The van der Waals surface area contributed by atoms with Gasteiger partial charge < -0.3 is 4.90 Å². The molecular weight excluding hydrogens is 336 g/mol. The van der Waals surface area contributed by atoms with E-state index in [1.54, 1.807) is 29.2 Å². The average Bonchev–Trinajstić information content (AvgIpc) is 3.03. The van der Waals surface area contributed by atoms with Gasteiger partial charge in [-0.15, -0.1) is 0 Å². The molecule has 0 spiro atoms. The van der Waals surface area contributed by atoms with E-state index in [1.165, 1.54) is 4.31 Å². The minimum atomic E-state index is -3.65. The fourth-order valence-corrected chi connectivity index (χ4v) is 4.70. The summed E-state index contributed by atoms with van der Waals surface area (Å²) in [5, 5.41) is 0. The van der Waals surface area contributed by atoms with E-state index in [0.29, 0.717) is 25.2 Å². The summed E-state index contributed by atoms with van der Waals surface area (Å²) in [5.41, 5.74) is 2.34. The minimum absolute atomic E-state index is 0.0886. The number of carbonyl (C=O) groups is 1. The number of hydrogen-bond donors (Lipinski definition) is 0. The summed E-state index contributed by atoms with van der Waals surface area (Å²) in [7, 11) is -3.65. The van der Waals surface area contributed by atoms with E-state index < -0.39 is 10.0 Å². The predicted octanol–water partition coefficient (Wildman–Crippen LogP) is 3.34. The molecule has 132 valence electrons. The molecule has 6 heteroatoms. The highest BCUT2D eigenvalue weighted by Gasteiger charge is 2.26. The number of carbonyl (C=O) groups excluding carboxylic acids is 1. The van der Waals surface area contributed by atoms with Crippen LogP contribution in [0.15, 0.2) is 53.4 Å². The van der Waals surface area contributed by atoms with Gasteiger partial charge in [-0.3, -0.25) is 9.10 Å². The molecule has 0 N–H and O–H groups in total. The van der Waals surface area contributed by atoms with Crippen molar-refractivity contribution in [3.8, 4) is 0 Å². The Morgan fingerprint density at radius 1 is 1.08 bits per heavy atom. The summed E-state index contributed by atoms with van der Waals surface area (Å²) < 4.78 is 27.5. The van der Waals surface area contributed by atoms with E-state index in [0.717, 1.165) is 17.7 Å². The van der Waals surface area contributed by atoms with Gasteiger partial charge in [-0.05, 0) is 56.2 Å². The predicted molar refractivity (Wildman–Crippen MR) is 99.4 cm³/mol. The van der Waals surface area contributed by atoms with Crippen molar-refractivity contribution in [3.05, 3.63) is 54.1 Å². The van der Waals surface area contributed by atoms with Crippen LogP contribution in [0, 0.1) is 6.92 Å². The van der Waals surface area contributed by atoms with Gasteiger partial charge in [-0.1, -0.05) is 18.2 Å². The first-order valence-electron chi connectivity index (χ1n) is 8.44. The molecule has 2 aromatic rings. The van der Waals surface area contributed by atoms with E-state index in [4.69, 9.17) is 0 Å². The Labute approximate surface area is 148 Å². The lowest BCUT2D eigenvalue weighted by molar-refractivity contribution is -0.117. The molecule has 1 aliphatic rings. The molecule has 0 bridgehead atoms. The molecule has 25 heavy (non-hydrogen) atoms. The maximum absolute atomic E-state index is 13.1. The minimum Gasteiger partial charge on any atom is -0.312 e. The van der Waals surface area contributed by atoms with Gasteiger partial charge in [0.1, 0.15) is 0 Å². The number of hydrogen-bond acceptors (Lipinski definition) is 3. The van der Waals surface area contributed by atoms with E-state index in [-0.39, 0.29) is 10.8 Å². The molecule has 1 amide bonds. The second-order valence-corrected chi connectivity index (χ2v) is 7.96. The number of amides is 1. The number of benzene rings is 2. The normalized spacial score (nSPS) is 14.8. The zero-order valence-corrected chi connectivity index (χ0v) is 15.3. The molecule has 0 aromatic heterocycles. The lowest BCUT2D eigenvalue weighted by atomic mass is 10.2. The van der Waals surface area contributed by atoms with E-state index in [9.17, 15) is 13.2 Å². The smallest absolute Gasteiger partial charge is 0.264 e. The highest BCUT2D eigenvalue weighted by molar-refractivity contribution is 7.92. The lowest BCUT2D eigenvalue weighted by Crippen LogP contribution is -2.31. The van der Waals surface area contributed by atoms with Crippen molar-refractivity contribution in [2.24, 2.45) is 0 Å². The molecule has 1 heterocycles. The molecule has 0 saturated carbocycles. The summed E-state index contributed by atoms with van der Waals surface area (Å²) in [5.74, 6) is 0.0886. The summed E-state index contributed by atoms with van der Waals surface area (Å²) in [6.07, 6.45) is 1.40. The van der Waals surface area contributed by atoms with Crippen LogP contribution in [0.25, 0.3) is 0 Å². The number of sulfonamides is 1. The molecule has 0 aliphatic carbocycles. The van der Waals surface area contributed by atoms with Crippen LogP contribution in [-0.2, 0) is 14.8 Å². The van der Waals surface area contributed by atoms with E-state index in [1.807, 2.05) is 38.1 Å². The third-order valence-corrected chi connectivity index (χ3v) is 6.38. The molecule has 3 rings (SSSR count). The molecule has 0 atom stereocenters. The van der Waals surface area contributed by atoms with Crippen LogP contribution in [0.1, 0.15) is 25.3 Å². The Balaban J connectivity index is 1.93. The Kier molecular flexibility index (Phi) is 4.81. The van der Waals surface area contributed by atoms with Gasteiger partial charge in [0.15, 0.2) is 0 Å². The largest absolute Gasteiger partial charge is 0.312 e. The molecule has 1 aliphatic heterocycles. The van der Waals surface area contributed by atoms with Gasteiger partial charge in [0.05, 0.1) is 10.6 Å². The van der Waals surface area contributed by atoms with Gasteiger partial charge >= 0.3 is 0 Å². The van der Waals surface area contributed by atoms with Crippen molar-refractivity contribution >= 4 is 27.3 Å². The van der Waals surface area contributed by atoms with Crippen LogP contribution in [0.3, 0.4) is 0 Å². The molecule has 0 unspecified atom stereocenters. The first-order valence-corrected chi connectivity index (χ1v) is 9.88. The van der Waals surface area contributed by atoms with Crippen LogP contribution in [0.4, 0.5) is 11.4 Å². The maximum Gasteiger partial charge on any atom is 0.264 e. The zero-order valence-electron chi connectivity index (χ0n) is 14.5. The number of aryl methyl sites for hydroxylation is 1. The molecule has 5 nitrogen and oxygen atoms in total. The first kappa shape index (κ1) is 17.5. The summed E-state index contributed by atoms with van der Waals surface area (Å²) >= 11 is 0. The molecule has 1 fully saturated rings. The number of rotatable bonds is 5. The third-order valence-electron chi connectivity index (χ3n) is 4.48. The molecule has 1 saturated heterocycles. The van der Waals surface area contributed by atoms with Gasteiger partial charge in [0.25, 0.3) is 10.0 Å². The Bertz CT molecular complexity index is 876. The second-order valence-electron chi connectivity index (χ2n) is 6.10. The topological polar surface area (TPSA) is 57.7 Å². The van der Waals surface area contributed by atoms with Gasteiger partial charge in [-0.2, -0.15) is 0 Å². The van der Waals surface area contributed by atoms with Gasteiger partial charge in [0, 0.05) is 25.2 Å². The highest BCUT2D eigenvalue weighted by atomic mass is 32.2. The number of nitrogens with zero attached hydrogens (tertiary/aromatic N) is 2. The molecule has 2 aromatic carbocycles. The average molecular weight is 358 g/mol. The fraction of sp³-hybridized carbons (Fsp3) is 0.316. The van der Waals surface area contributed by atoms with Crippen LogP contribution in [0.2, 0.25) is 0 Å². The second kappa shape index (κ2) is 6.88. The van der Waals surface area contributed by atoms with Crippen LogP contribution in [-0.4, -0.2) is 27.4 Å². The Morgan fingerprint density at radius 2 is 1.76 bits per heavy atom. The summed E-state index contributed by atoms with van der Waals surface area (Å²) in [6, 6.07) is 14.0. The quantitative estimate of drug-likeness (QED) is 0.824. The van der Waals surface area contributed by atoms with Crippen LogP contribution >= 0.6 is 0 Å². The first-order chi connectivity index (χ1) is 11.9. The van der Waals surface area contributed by atoms with Crippen LogP contribution in [0.5, 0.6) is 0 Å². The number of para-hydroxylation sites is 1. The number of anilines is 2. The summed E-state index contributed by atoms with van der Waals surface area (Å²) in [6.45, 7) is 4.76. The van der Waals surface area contributed by atoms with E-state index in [2.05, 4.69) is 0 Å². The zero-order chi connectivity index (χ0) is 18.0. The van der Waals surface area contributed by atoms with Crippen molar-refractivity contribution in [1.82, 2.24) is 0 Å². The summed E-state index contributed by atoms with van der Waals surface area (Å²) in [4.78, 5) is 13.8. The van der Waals surface area contributed by atoms with Crippen molar-refractivity contribution in [3.63, 3.8) is 0 Å². The third kappa shape index (κ3) is 3.26. The molecular formula is C19H22N2O3S. The SMILES string of the molecule is CCN(c1ccccc1C)S(=O)(=O)c1ccc(N2CCCC2=O)cc1. The van der Waals surface area contributed by atoms with Crippen molar-refractivity contribution in [2.75, 3.05) is 22.3 Å². The van der Waals surface area contributed by atoms with Gasteiger partial charge in [0.2, 0.25) is 5.91 Å². The van der Waals surface area contributed by atoms with Crippen LogP contribution < -0.4 is 9.21 Å². The Morgan fingerprint density at radius 3 is 2.32 bits per heavy atom. The fourth-order valence-electron chi connectivity index (χ4n) is 3.16. The maximum atomic E-state index is 13.1. The van der Waals surface area contributed by atoms with E-state index >= 15 is 0 Å². The van der Waals surface area contributed by atoms with Crippen molar-refractivity contribution in [2.45, 2.75) is 31.6 Å².